The van der Waals surface area contributed by atoms with E-state index in [0.29, 0.717) is 33.6 Å². The Morgan fingerprint density at radius 2 is 1.82 bits per heavy atom. The standard InChI is InChI=1S/C28H24F4N6O2/c1-37(2)24(39)14-33-13-16-9-22(28(30,31)32)25-23(10-16)35-27(40-25)18-6-4-5-17(11-18)20-8-7-19(29)12-21(20)26-36-34-15-38(26)3/h4-12,15,33H,13-14H2,1-3H3. The average molecular weight is 553 g/mol. The SMILES string of the molecule is CN(C)C(=O)CNCc1cc(C(F)(F)F)c2oc(-c3cccc(-c4ccc(F)cc4-c4nncn4C)c3)nc2c1. The van der Waals surface area contributed by atoms with Gasteiger partial charge in [-0.15, -0.1) is 10.2 Å². The Bertz CT molecular complexity index is 1710. The predicted molar refractivity (Wildman–Crippen MR) is 140 cm³/mol. The summed E-state index contributed by atoms with van der Waals surface area (Å²) in [6.45, 7) is 0.00856. The number of rotatable bonds is 7. The van der Waals surface area contributed by atoms with Crippen LogP contribution in [0.4, 0.5) is 17.6 Å². The highest BCUT2D eigenvalue weighted by Gasteiger charge is 2.35. The number of halogens is 4. The lowest BCUT2D eigenvalue weighted by Gasteiger charge is -2.12. The number of fused-ring (bicyclic) bond motifs is 1. The fraction of sp³-hybridized carbons (Fsp3) is 0.214. The van der Waals surface area contributed by atoms with E-state index < -0.39 is 17.6 Å². The molecule has 206 valence electrons. The largest absolute Gasteiger partial charge is 0.435 e. The molecule has 0 bridgehead atoms. The number of hydrogen-bond acceptors (Lipinski definition) is 6. The summed E-state index contributed by atoms with van der Waals surface area (Å²) < 4.78 is 63.4. The lowest BCUT2D eigenvalue weighted by atomic mass is 9.97. The van der Waals surface area contributed by atoms with Gasteiger partial charge in [-0.05, 0) is 53.1 Å². The maximum atomic E-state index is 14.2. The molecule has 0 saturated heterocycles. The first-order chi connectivity index (χ1) is 19.0. The minimum Gasteiger partial charge on any atom is -0.435 e. The van der Waals surface area contributed by atoms with E-state index in [4.69, 9.17) is 4.42 Å². The molecule has 0 radical (unpaired) electrons. The normalized spacial score (nSPS) is 11.8. The molecule has 0 fully saturated rings. The van der Waals surface area contributed by atoms with Crippen molar-refractivity contribution in [3.8, 4) is 34.0 Å². The quantitative estimate of drug-likeness (QED) is 0.276. The van der Waals surface area contributed by atoms with E-state index in [1.807, 2.05) is 0 Å². The van der Waals surface area contributed by atoms with Crippen LogP contribution >= 0.6 is 0 Å². The van der Waals surface area contributed by atoms with E-state index >= 15 is 0 Å². The van der Waals surface area contributed by atoms with E-state index in [-0.39, 0.29) is 36.0 Å². The minimum absolute atomic E-state index is 0.00225. The van der Waals surface area contributed by atoms with Crippen LogP contribution in [-0.4, -0.2) is 51.2 Å². The van der Waals surface area contributed by atoms with E-state index in [1.165, 1.54) is 29.4 Å². The Morgan fingerprint density at radius 3 is 2.52 bits per heavy atom. The Kier molecular flexibility index (Phi) is 7.11. The van der Waals surface area contributed by atoms with Gasteiger partial charge in [0.2, 0.25) is 11.8 Å². The van der Waals surface area contributed by atoms with Gasteiger partial charge >= 0.3 is 6.18 Å². The Labute approximate surface area is 226 Å². The average Bonchev–Trinajstić information content (AvgIpc) is 3.53. The van der Waals surface area contributed by atoms with Crippen molar-refractivity contribution < 1.29 is 26.8 Å². The topological polar surface area (TPSA) is 89.1 Å². The number of benzene rings is 3. The maximum Gasteiger partial charge on any atom is 0.420 e. The number of carbonyl (C=O) groups is 1. The molecule has 0 unspecified atom stereocenters. The van der Waals surface area contributed by atoms with Crippen LogP contribution in [0.25, 0.3) is 45.1 Å². The first-order valence-electron chi connectivity index (χ1n) is 12.2. The number of aryl methyl sites for hydroxylation is 1. The van der Waals surface area contributed by atoms with Crippen LogP contribution in [0.3, 0.4) is 0 Å². The second kappa shape index (κ2) is 10.5. The molecule has 5 aromatic rings. The van der Waals surface area contributed by atoms with Gasteiger partial charge in [-0.25, -0.2) is 9.37 Å². The molecule has 2 aromatic heterocycles. The number of oxazole rings is 1. The minimum atomic E-state index is -4.69. The summed E-state index contributed by atoms with van der Waals surface area (Å²) in [5.41, 5.74) is 1.23. The van der Waals surface area contributed by atoms with Crippen molar-refractivity contribution in [2.24, 2.45) is 7.05 Å². The fourth-order valence-corrected chi connectivity index (χ4v) is 4.30. The van der Waals surface area contributed by atoms with Gasteiger partial charge in [0.05, 0.1) is 6.54 Å². The number of aromatic nitrogens is 4. The monoisotopic (exact) mass is 552 g/mol. The maximum absolute atomic E-state index is 14.2. The molecule has 1 N–H and O–H groups in total. The van der Waals surface area contributed by atoms with E-state index in [1.54, 1.807) is 56.0 Å². The molecule has 2 heterocycles. The highest BCUT2D eigenvalue weighted by Crippen LogP contribution is 2.39. The second-order valence-corrected chi connectivity index (χ2v) is 9.44. The van der Waals surface area contributed by atoms with Crippen LogP contribution in [0, 0.1) is 5.82 Å². The van der Waals surface area contributed by atoms with Crippen LogP contribution in [0.15, 0.2) is 65.3 Å². The molecule has 3 aromatic carbocycles. The molecule has 8 nitrogen and oxygen atoms in total. The fourth-order valence-electron chi connectivity index (χ4n) is 4.30. The zero-order valence-corrected chi connectivity index (χ0v) is 21.8. The molecule has 40 heavy (non-hydrogen) atoms. The van der Waals surface area contributed by atoms with Gasteiger partial charge in [-0.1, -0.05) is 18.2 Å². The molecule has 12 heteroatoms. The summed E-state index contributed by atoms with van der Waals surface area (Å²) in [5.74, 6) is -0.209. The smallest absolute Gasteiger partial charge is 0.420 e. The summed E-state index contributed by atoms with van der Waals surface area (Å²) in [7, 11) is 4.92. The van der Waals surface area contributed by atoms with Crippen LogP contribution in [0.1, 0.15) is 11.1 Å². The van der Waals surface area contributed by atoms with Crippen LogP contribution in [0.2, 0.25) is 0 Å². The van der Waals surface area contributed by atoms with Crippen LogP contribution < -0.4 is 5.32 Å². The summed E-state index contributed by atoms with van der Waals surface area (Å²) in [5, 5.41) is 10.8. The van der Waals surface area contributed by atoms with Crippen molar-refractivity contribution >= 4 is 17.0 Å². The summed E-state index contributed by atoms with van der Waals surface area (Å²) >= 11 is 0. The Balaban J connectivity index is 1.54. The van der Waals surface area contributed by atoms with E-state index in [2.05, 4.69) is 20.5 Å². The molecular formula is C28H24F4N6O2. The van der Waals surface area contributed by atoms with Gasteiger partial charge in [0.1, 0.15) is 23.2 Å². The zero-order valence-electron chi connectivity index (χ0n) is 21.8. The number of hydrogen-bond donors (Lipinski definition) is 1. The highest BCUT2D eigenvalue weighted by molar-refractivity contribution is 5.84. The number of nitrogens with one attached hydrogen (secondary N) is 1. The molecule has 0 atom stereocenters. The third kappa shape index (κ3) is 5.43. The van der Waals surface area contributed by atoms with Gasteiger partial charge in [0.25, 0.3) is 0 Å². The van der Waals surface area contributed by atoms with Crippen molar-refractivity contribution in [3.05, 3.63) is 77.9 Å². The third-order valence-electron chi connectivity index (χ3n) is 6.31. The first kappa shape index (κ1) is 27.0. The summed E-state index contributed by atoms with van der Waals surface area (Å²) in [6.07, 6.45) is -3.19. The Hall–Kier alpha value is -4.58. The third-order valence-corrected chi connectivity index (χ3v) is 6.31. The first-order valence-corrected chi connectivity index (χ1v) is 12.2. The number of nitrogens with zero attached hydrogens (tertiary/aromatic N) is 5. The van der Waals surface area contributed by atoms with Gasteiger partial charge in [-0.3, -0.25) is 4.79 Å². The number of carbonyl (C=O) groups excluding carboxylic acids is 1. The summed E-state index contributed by atoms with van der Waals surface area (Å²) in [4.78, 5) is 17.6. The van der Waals surface area contributed by atoms with Crippen molar-refractivity contribution in [2.45, 2.75) is 12.7 Å². The van der Waals surface area contributed by atoms with Gasteiger partial charge in [-0.2, -0.15) is 13.2 Å². The molecule has 5 rings (SSSR count). The van der Waals surface area contributed by atoms with Gasteiger partial charge in [0.15, 0.2) is 11.4 Å². The number of likely N-dealkylation sites (N-methyl/N-ethyl adjacent to an activating group) is 1. The van der Waals surface area contributed by atoms with Crippen LogP contribution in [-0.2, 0) is 24.6 Å². The second-order valence-electron chi connectivity index (χ2n) is 9.44. The molecule has 1 amide bonds. The molecule has 0 aliphatic rings. The zero-order chi connectivity index (χ0) is 28.6. The van der Waals surface area contributed by atoms with Crippen molar-refractivity contribution in [3.63, 3.8) is 0 Å². The van der Waals surface area contributed by atoms with E-state index in [0.717, 1.165) is 6.07 Å². The number of amides is 1. The molecule has 0 aliphatic carbocycles. The van der Waals surface area contributed by atoms with Crippen molar-refractivity contribution in [1.29, 1.82) is 0 Å². The van der Waals surface area contributed by atoms with Crippen molar-refractivity contribution in [1.82, 2.24) is 30.0 Å². The molecule has 0 saturated carbocycles. The highest BCUT2D eigenvalue weighted by atomic mass is 19.4. The Morgan fingerprint density at radius 1 is 1.05 bits per heavy atom. The molecular weight excluding hydrogens is 528 g/mol. The van der Waals surface area contributed by atoms with Crippen LogP contribution in [0.5, 0.6) is 0 Å². The van der Waals surface area contributed by atoms with Gasteiger partial charge < -0.3 is 19.2 Å². The lowest BCUT2D eigenvalue weighted by molar-refractivity contribution is -0.137. The predicted octanol–water partition coefficient (Wildman–Crippen LogP) is 5.29. The molecule has 0 spiro atoms. The van der Waals surface area contributed by atoms with Gasteiger partial charge in [0, 0.05) is 38.8 Å². The number of alkyl halides is 3. The molecule has 0 aliphatic heterocycles. The van der Waals surface area contributed by atoms with E-state index in [9.17, 15) is 22.4 Å². The lowest BCUT2D eigenvalue weighted by Crippen LogP contribution is -2.32. The summed E-state index contributed by atoms with van der Waals surface area (Å²) in [6, 6.07) is 13.6. The van der Waals surface area contributed by atoms with Crippen molar-refractivity contribution in [2.75, 3.05) is 20.6 Å².